The monoisotopic (exact) mass is 171 g/mol. The van der Waals surface area contributed by atoms with Crippen LogP contribution in [0.4, 0.5) is 0 Å². The molecule has 0 bridgehead atoms. The maximum Gasteiger partial charge on any atom is 0.146 e. The lowest BCUT2D eigenvalue weighted by Gasteiger charge is -2.17. The third-order valence-corrected chi connectivity index (χ3v) is 1.65. The summed E-state index contributed by atoms with van der Waals surface area (Å²) in [6.07, 6.45) is 1.70. The largest absolute Gasteiger partial charge is 0.302 e. The van der Waals surface area contributed by atoms with Gasteiger partial charge in [0.25, 0.3) is 0 Å². The number of ketones is 1. The summed E-state index contributed by atoms with van der Waals surface area (Å²) in [5, 5.41) is 0. The van der Waals surface area contributed by atoms with Crippen LogP contribution in [0.5, 0.6) is 0 Å². The highest BCUT2D eigenvalue weighted by atomic mass is 16.1. The number of hydrogen-bond acceptors (Lipinski definition) is 2. The Bertz CT molecular complexity index is 144. The molecule has 72 valence electrons. The van der Waals surface area contributed by atoms with Crippen LogP contribution in [-0.4, -0.2) is 31.3 Å². The third kappa shape index (κ3) is 7.73. The highest BCUT2D eigenvalue weighted by molar-refractivity contribution is 5.80. The Morgan fingerprint density at radius 3 is 2.08 bits per heavy atom. The van der Waals surface area contributed by atoms with E-state index in [1.165, 1.54) is 0 Å². The van der Waals surface area contributed by atoms with Crippen LogP contribution in [0.15, 0.2) is 0 Å². The van der Waals surface area contributed by atoms with Crippen LogP contribution in [-0.2, 0) is 4.79 Å². The zero-order valence-electron chi connectivity index (χ0n) is 8.98. The van der Waals surface area contributed by atoms with Crippen molar-refractivity contribution < 1.29 is 4.79 Å². The van der Waals surface area contributed by atoms with Gasteiger partial charge < -0.3 is 4.90 Å². The first-order valence-electron chi connectivity index (χ1n) is 4.48. The van der Waals surface area contributed by atoms with Crippen molar-refractivity contribution in [3.63, 3.8) is 0 Å². The number of carbonyl (C=O) groups is 1. The summed E-state index contributed by atoms with van der Waals surface area (Å²) in [4.78, 5) is 13.2. The van der Waals surface area contributed by atoms with E-state index in [0.717, 1.165) is 6.42 Å². The molecule has 0 atom stereocenters. The van der Waals surface area contributed by atoms with Crippen LogP contribution in [0.2, 0.25) is 0 Å². The molecule has 12 heavy (non-hydrogen) atoms. The molecule has 0 aliphatic heterocycles. The highest BCUT2D eigenvalue weighted by Gasteiger charge is 2.12. The topological polar surface area (TPSA) is 20.3 Å². The molecule has 2 heteroatoms. The molecular formula is C10H21NO. The first-order valence-corrected chi connectivity index (χ1v) is 4.48. The Hall–Kier alpha value is -0.370. The summed E-state index contributed by atoms with van der Waals surface area (Å²) in [5.41, 5.74) is 0.280. The molecule has 0 aromatic carbocycles. The molecule has 0 aliphatic carbocycles. The molecular weight excluding hydrogens is 150 g/mol. The van der Waals surface area contributed by atoms with Crippen LogP contribution >= 0.6 is 0 Å². The molecule has 0 heterocycles. The van der Waals surface area contributed by atoms with Crippen LogP contribution in [0.1, 0.15) is 33.6 Å². The minimum Gasteiger partial charge on any atom is -0.302 e. The lowest BCUT2D eigenvalue weighted by molar-refractivity contribution is -0.120. The van der Waals surface area contributed by atoms with Gasteiger partial charge in [-0.3, -0.25) is 4.79 Å². The normalized spacial score (nSPS) is 12.2. The van der Waals surface area contributed by atoms with Gasteiger partial charge >= 0.3 is 0 Å². The number of likely N-dealkylation sites (N-methyl/N-ethyl adjacent to an activating group) is 1. The van der Waals surface area contributed by atoms with E-state index in [1.807, 2.05) is 19.0 Å². The fourth-order valence-electron chi connectivity index (χ4n) is 0.946. The van der Waals surface area contributed by atoms with Crippen molar-refractivity contribution in [1.29, 1.82) is 0 Å². The van der Waals surface area contributed by atoms with E-state index >= 15 is 0 Å². The predicted octanol–water partition coefficient (Wildman–Crippen LogP) is 1.94. The number of carbonyl (C=O) groups excluding carboxylic acids is 1. The third-order valence-electron chi connectivity index (χ3n) is 1.65. The molecule has 0 radical (unpaired) electrons. The van der Waals surface area contributed by atoms with Crippen molar-refractivity contribution >= 4 is 5.78 Å². The van der Waals surface area contributed by atoms with Gasteiger partial charge in [-0.25, -0.2) is 0 Å². The molecule has 0 spiro atoms. The first kappa shape index (κ1) is 11.6. The maximum absolute atomic E-state index is 11.3. The molecule has 0 N–H and O–H groups in total. The molecule has 0 saturated carbocycles. The smallest absolute Gasteiger partial charge is 0.146 e. The van der Waals surface area contributed by atoms with Crippen molar-refractivity contribution in [1.82, 2.24) is 4.90 Å². The fourth-order valence-corrected chi connectivity index (χ4v) is 0.946. The van der Waals surface area contributed by atoms with Crippen molar-refractivity contribution in [2.75, 3.05) is 20.6 Å². The summed E-state index contributed by atoms with van der Waals surface area (Å²) in [6.45, 7) is 7.07. The number of rotatable bonds is 4. The lowest BCUT2D eigenvalue weighted by Crippen LogP contribution is -2.22. The summed E-state index contributed by atoms with van der Waals surface area (Å²) < 4.78 is 0. The van der Waals surface area contributed by atoms with Gasteiger partial charge in [0.05, 0.1) is 6.54 Å². The van der Waals surface area contributed by atoms with E-state index in [2.05, 4.69) is 20.8 Å². The molecule has 0 unspecified atom stereocenters. The van der Waals surface area contributed by atoms with Crippen LogP contribution < -0.4 is 0 Å². The molecule has 0 saturated heterocycles. The van der Waals surface area contributed by atoms with Gasteiger partial charge in [-0.05, 0) is 25.9 Å². The van der Waals surface area contributed by atoms with E-state index in [0.29, 0.717) is 18.7 Å². The van der Waals surface area contributed by atoms with Crippen molar-refractivity contribution in [3.8, 4) is 0 Å². The first-order chi connectivity index (χ1) is 5.31. The van der Waals surface area contributed by atoms with Crippen LogP contribution in [0.25, 0.3) is 0 Å². The van der Waals surface area contributed by atoms with Crippen LogP contribution in [0.3, 0.4) is 0 Å². The van der Waals surface area contributed by atoms with Gasteiger partial charge in [0.15, 0.2) is 0 Å². The zero-order valence-corrected chi connectivity index (χ0v) is 8.98. The number of nitrogens with zero attached hydrogens (tertiary/aromatic N) is 1. The van der Waals surface area contributed by atoms with Gasteiger partial charge in [0, 0.05) is 6.42 Å². The maximum atomic E-state index is 11.3. The fraction of sp³-hybridized carbons (Fsp3) is 0.900. The standard InChI is InChI=1S/C10H21NO/c1-10(2,3)7-6-9(12)8-11(4)5/h6-8H2,1-5H3. The second kappa shape index (κ2) is 4.61. The molecule has 0 aliphatic rings. The van der Waals surface area contributed by atoms with Crippen molar-refractivity contribution in [2.24, 2.45) is 5.41 Å². The minimum absolute atomic E-state index is 0.280. The van der Waals surface area contributed by atoms with Gasteiger partial charge in [0.1, 0.15) is 5.78 Å². The SMILES string of the molecule is CN(C)CC(=O)CCC(C)(C)C. The lowest BCUT2D eigenvalue weighted by atomic mass is 9.89. The van der Waals surface area contributed by atoms with Gasteiger partial charge in [0.2, 0.25) is 0 Å². The molecule has 0 rings (SSSR count). The average Bonchev–Trinajstić information content (AvgIpc) is 1.80. The van der Waals surface area contributed by atoms with Gasteiger partial charge in [-0.1, -0.05) is 20.8 Å². The quantitative estimate of drug-likeness (QED) is 0.644. The molecule has 0 amide bonds. The Labute approximate surface area is 75.9 Å². The summed E-state index contributed by atoms with van der Waals surface area (Å²) >= 11 is 0. The number of hydrogen-bond donors (Lipinski definition) is 0. The molecule has 0 fully saturated rings. The van der Waals surface area contributed by atoms with Crippen molar-refractivity contribution in [2.45, 2.75) is 33.6 Å². The zero-order chi connectivity index (χ0) is 9.78. The summed E-state index contributed by atoms with van der Waals surface area (Å²) in [5.74, 6) is 0.343. The van der Waals surface area contributed by atoms with E-state index in [-0.39, 0.29) is 5.41 Å². The van der Waals surface area contributed by atoms with Gasteiger partial charge in [-0.15, -0.1) is 0 Å². The second-order valence-electron chi connectivity index (χ2n) is 4.84. The Morgan fingerprint density at radius 2 is 1.75 bits per heavy atom. The van der Waals surface area contributed by atoms with E-state index in [1.54, 1.807) is 0 Å². The van der Waals surface area contributed by atoms with Gasteiger partial charge in [-0.2, -0.15) is 0 Å². The molecule has 0 aromatic rings. The summed E-state index contributed by atoms with van der Waals surface area (Å²) in [6, 6.07) is 0. The Kier molecular flexibility index (Phi) is 4.46. The minimum atomic E-state index is 0.280. The average molecular weight is 171 g/mol. The Morgan fingerprint density at radius 1 is 1.25 bits per heavy atom. The van der Waals surface area contributed by atoms with Crippen LogP contribution in [0, 0.1) is 5.41 Å². The highest BCUT2D eigenvalue weighted by Crippen LogP contribution is 2.20. The van der Waals surface area contributed by atoms with E-state index < -0.39 is 0 Å². The summed E-state index contributed by atoms with van der Waals surface area (Å²) in [7, 11) is 3.85. The van der Waals surface area contributed by atoms with Crippen molar-refractivity contribution in [3.05, 3.63) is 0 Å². The molecule has 2 nitrogen and oxygen atoms in total. The number of Topliss-reactive ketones (excluding diaryl/α,β-unsaturated/α-hetero) is 1. The van der Waals surface area contributed by atoms with E-state index in [4.69, 9.17) is 0 Å². The Balaban J connectivity index is 3.58. The molecule has 0 aromatic heterocycles. The predicted molar refractivity (Wildman–Crippen MR) is 52.3 cm³/mol. The van der Waals surface area contributed by atoms with E-state index in [9.17, 15) is 4.79 Å². The second-order valence-corrected chi connectivity index (χ2v) is 4.84.